The van der Waals surface area contributed by atoms with Gasteiger partial charge < -0.3 is 9.67 Å². The lowest BCUT2D eigenvalue weighted by Gasteiger charge is -1.96. The molecule has 0 amide bonds. The Labute approximate surface area is 89.2 Å². The molecule has 0 fully saturated rings. The van der Waals surface area contributed by atoms with E-state index in [1.165, 1.54) is 10.9 Å². The Morgan fingerprint density at radius 3 is 3.00 bits per heavy atom. The Morgan fingerprint density at radius 1 is 1.33 bits per heavy atom. The molecule has 0 aliphatic heterocycles. The van der Waals surface area contributed by atoms with E-state index in [2.05, 4.69) is 34.6 Å². The van der Waals surface area contributed by atoms with Crippen molar-refractivity contribution in [3.05, 3.63) is 36.0 Å². The molecule has 0 unspecified atom stereocenters. The van der Waals surface area contributed by atoms with Crippen molar-refractivity contribution in [3.63, 3.8) is 0 Å². The van der Waals surface area contributed by atoms with E-state index in [0.29, 0.717) is 6.42 Å². The normalized spacial score (nSPS) is 10.0. The summed E-state index contributed by atoms with van der Waals surface area (Å²) in [5.41, 5.74) is 2.21. The molecule has 76 valence electrons. The fourth-order valence-corrected chi connectivity index (χ4v) is 1.58. The van der Waals surface area contributed by atoms with E-state index in [1.807, 2.05) is 19.3 Å². The molecule has 2 heteroatoms. The number of benzene rings is 1. The van der Waals surface area contributed by atoms with Crippen LogP contribution in [-0.4, -0.2) is 16.3 Å². The van der Waals surface area contributed by atoms with E-state index in [-0.39, 0.29) is 6.61 Å². The molecule has 0 radical (unpaired) electrons. The van der Waals surface area contributed by atoms with Crippen molar-refractivity contribution in [1.82, 2.24) is 4.57 Å². The van der Waals surface area contributed by atoms with Gasteiger partial charge in [0.25, 0.3) is 0 Å². The van der Waals surface area contributed by atoms with Crippen molar-refractivity contribution in [3.8, 4) is 11.8 Å². The maximum Gasteiger partial charge on any atom is 0.0540 e. The van der Waals surface area contributed by atoms with Gasteiger partial charge in [-0.15, -0.1) is 0 Å². The summed E-state index contributed by atoms with van der Waals surface area (Å²) in [6, 6.07) is 8.22. The van der Waals surface area contributed by atoms with E-state index < -0.39 is 0 Å². The van der Waals surface area contributed by atoms with Gasteiger partial charge in [-0.1, -0.05) is 11.8 Å². The summed E-state index contributed by atoms with van der Waals surface area (Å²) in [7, 11) is 2.03. The van der Waals surface area contributed by atoms with Crippen LogP contribution in [0.1, 0.15) is 12.0 Å². The van der Waals surface area contributed by atoms with Crippen LogP contribution in [0.5, 0.6) is 0 Å². The molecule has 1 aromatic heterocycles. The maximum atomic E-state index is 8.61. The highest BCUT2D eigenvalue weighted by molar-refractivity contribution is 5.81. The molecular formula is C13H13NO. The SMILES string of the molecule is Cn1ccc2cc(C#CCCO)ccc21. The highest BCUT2D eigenvalue weighted by Crippen LogP contribution is 2.15. The average Bonchev–Trinajstić information content (AvgIpc) is 2.61. The molecule has 1 heterocycles. The van der Waals surface area contributed by atoms with E-state index in [9.17, 15) is 0 Å². The first-order valence-electron chi connectivity index (χ1n) is 4.96. The fourth-order valence-electron chi connectivity index (χ4n) is 1.58. The minimum absolute atomic E-state index is 0.126. The molecule has 1 aromatic carbocycles. The van der Waals surface area contributed by atoms with Gasteiger partial charge in [-0.3, -0.25) is 0 Å². The highest BCUT2D eigenvalue weighted by Gasteiger charge is 1.97. The first kappa shape index (κ1) is 9.82. The minimum atomic E-state index is 0.126. The summed E-state index contributed by atoms with van der Waals surface area (Å²) < 4.78 is 2.08. The van der Waals surface area contributed by atoms with Gasteiger partial charge in [0.2, 0.25) is 0 Å². The predicted octanol–water partition coefficient (Wildman–Crippen LogP) is 1.91. The fraction of sp³-hybridized carbons (Fsp3) is 0.231. The Hall–Kier alpha value is -1.72. The molecule has 0 saturated carbocycles. The predicted molar refractivity (Wildman–Crippen MR) is 61.5 cm³/mol. The van der Waals surface area contributed by atoms with Crippen LogP contribution < -0.4 is 0 Å². The lowest BCUT2D eigenvalue weighted by Crippen LogP contribution is -1.83. The second-order valence-corrected chi connectivity index (χ2v) is 3.48. The van der Waals surface area contributed by atoms with Crippen LogP contribution in [0.4, 0.5) is 0 Å². The maximum absolute atomic E-state index is 8.61. The Kier molecular flexibility index (Phi) is 2.75. The first-order chi connectivity index (χ1) is 7.31. The van der Waals surface area contributed by atoms with E-state index >= 15 is 0 Å². The summed E-state index contributed by atoms with van der Waals surface area (Å²) in [6.07, 6.45) is 2.57. The van der Waals surface area contributed by atoms with Crippen molar-refractivity contribution in [2.45, 2.75) is 6.42 Å². The molecular weight excluding hydrogens is 186 g/mol. The third kappa shape index (κ3) is 2.03. The van der Waals surface area contributed by atoms with E-state index in [4.69, 9.17) is 5.11 Å². The van der Waals surface area contributed by atoms with E-state index in [1.54, 1.807) is 0 Å². The lowest BCUT2D eigenvalue weighted by atomic mass is 10.1. The van der Waals surface area contributed by atoms with Crippen molar-refractivity contribution in [2.24, 2.45) is 7.05 Å². The Morgan fingerprint density at radius 2 is 2.20 bits per heavy atom. The summed E-state index contributed by atoms with van der Waals surface area (Å²) in [5.74, 6) is 5.94. The number of rotatable bonds is 1. The van der Waals surface area contributed by atoms with Gasteiger partial charge in [-0.05, 0) is 24.3 Å². The summed E-state index contributed by atoms with van der Waals surface area (Å²) in [4.78, 5) is 0. The lowest BCUT2D eigenvalue weighted by molar-refractivity contribution is 0.305. The van der Waals surface area contributed by atoms with Gasteiger partial charge in [-0.25, -0.2) is 0 Å². The van der Waals surface area contributed by atoms with Crippen LogP contribution in [0, 0.1) is 11.8 Å². The number of aryl methyl sites for hydroxylation is 1. The summed E-state index contributed by atoms with van der Waals surface area (Å²) in [5, 5.41) is 9.82. The molecule has 2 nitrogen and oxygen atoms in total. The third-order valence-electron chi connectivity index (χ3n) is 2.35. The van der Waals surface area contributed by atoms with Gasteiger partial charge in [0.05, 0.1) is 6.61 Å². The van der Waals surface area contributed by atoms with Crippen LogP contribution in [0.15, 0.2) is 30.5 Å². The Balaban J connectivity index is 2.36. The number of aliphatic hydroxyl groups is 1. The molecule has 0 aliphatic carbocycles. The highest BCUT2D eigenvalue weighted by atomic mass is 16.2. The zero-order valence-electron chi connectivity index (χ0n) is 8.70. The number of aromatic nitrogens is 1. The van der Waals surface area contributed by atoms with Gasteiger partial charge in [0, 0.05) is 36.1 Å². The van der Waals surface area contributed by atoms with Crippen molar-refractivity contribution in [1.29, 1.82) is 0 Å². The molecule has 0 aliphatic rings. The number of hydrogen-bond donors (Lipinski definition) is 1. The molecule has 15 heavy (non-hydrogen) atoms. The molecule has 1 N–H and O–H groups in total. The first-order valence-corrected chi connectivity index (χ1v) is 4.96. The van der Waals surface area contributed by atoms with Crippen LogP contribution >= 0.6 is 0 Å². The number of fused-ring (bicyclic) bond motifs is 1. The van der Waals surface area contributed by atoms with Crippen molar-refractivity contribution in [2.75, 3.05) is 6.61 Å². The smallest absolute Gasteiger partial charge is 0.0540 e. The quantitative estimate of drug-likeness (QED) is 0.697. The van der Waals surface area contributed by atoms with Gasteiger partial charge in [0.1, 0.15) is 0 Å². The summed E-state index contributed by atoms with van der Waals surface area (Å²) >= 11 is 0. The minimum Gasteiger partial charge on any atom is -0.395 e. The van der Waals surface area contributed by atoms with Gasteiger partial charge in [-0.2, -0.15) is 0 Å². The molecule has 2 aromatic rings. The topological polar surface area (TPSA) is 25.2 Å². The van der Waals surface area contributed by atoms with Gasteiger partial charge in [0.15, 0.2) is 0 Å². The van der Waals surface area contributed by atoms with Crippen molar-refractivity contribution < 1.29 is 5.11 Å². The third-order valence-corrected chi connectivity index (χ3v) is 2.35. The molecule has 0 atom stereocenters. The second-order valence-electron chi connectivity index (χ2n) is 3.48. The number of hydrogen-bond acceptors (Lipinski definition) is 1. The van der Waals surface area contributed by atoms with Gasteiger partial charge >= 0.3 is 0 Å². The van der Waals surface area contributed by atoms with Crippen molar-refractivity contribution >= 4 is 10.9 Å². The molecule has 2 rings (SSSR count). The zero-order valence-corrected chi connectivity index (χ0v) is 8.70. The van der Waals surface area contributed by atoms with Crippen LogP contribution in [0.3, 0.4) is 0 Å². The molecule has 0 spiro atoms. The van der Waals surface area contributed by atoms with Crippen LogP contribution in [0.2, 0.25) is 0 Å². The van der Waals surface area contributed by atoms with Crippen LogP contribution in [0.25, 0.3) is 10.9 Å². The molecule has 0 bridgehead atoms. The second kappa shape index (κ2) is 4.20. The largest absolute Gasteiger partial charge is 0.395 e. The number of aliphatic hydroxyl groups excluding tert-OH is 1. The Bertz CT molecular complexity index is 528. The average molecular weight is 199 g/mol. The van der Waals surface area contributed by atoms with Crippen LogP contribution in [-0.2, 0) is 7.05 Å². The standard InChI is InChI=1S/C13H13NO/c1-14-8-7-12-10-11(4-2-3-9-15)5-6-13(12)14/h5-8,10,15H,3,9H2,1H3. The monoisotopic (exact) mass is 199 g/mol. The molecule has 0 saturated heterocycles. The summed E-state index contributed by atoms with van der Waals surface area (Å²) in [6.45, 7) is 0.126. The zero-order chi connectivity index (χ0) is 10.7. The van der Waals surface area contributed by atoms with E-state index in [0.717, 1.165) is 5.56 Å². The number of nitrogens with zero attached hydrogens (tertiary/aromatic N) is 1.